The molecule has 25 heavy (non-hydrogen) atoms. The summed E-state index contributed by atoms with van der Waals surface area (Å²) in [5.74, 6) is -1.47. The van der Waals surface area contributed by atoms with E-state index < -0.39 is 23.9 Å². The van der Waals surface area contributed by atoms with E-state index in [4.69, 9.17) is 0 Å². The summed E-state index contributed by atoms with van der Waals surface area (Å²) in [6.45, 7) is 3.64. The van der Waals surface area contributed by atoms with Crippen LogP contribution in [0.3, 0.4) is 0 Å². The molecule has 6 nitrogen and oxygen atoms in total. The molecule has 0 aliphatic heterocycles. The minimum absolute atomic E-state index is 0.0391. The number of halogens is 3. The van der Waals surface area contributed by atoms with Gasteiger partial charge in [0.15, 0.2) is 11.5 Å². The van der Waals surface area contributed by atoms with Crippen LogP contribution in [0.2, 0.25) is 0 Å². The lowest BCUT2D eigenvalue weighted by molar-refractivity contribution is -0.141. The average Bonchev–Trinajstić information content (AvgIpc) is 2.53. The zero-order valence-corrected chi connectivity index (χ0v) is 13.6. The second-order valence-electron chi connectivity index (χ2n) is 5.86. The highest BCUT2D eigenvalue weighted by Crippen LogP contribution is 2.31. The van der Waals surface area contributed by atoms with Gasteiger partial charge in [-0.3, -0.25) is 4.98 Å². The summed E-state index contributed by atoms with van der Waals surface area (Å²) >= 11 is 0. The van der Waals surface area contributed by atoms with Crippen molar-refractivity contribution in [1.29, 1.82) is 0 Å². The summed E-state index contributed by atoms with van der Waals surface area (Å²) in [6.07, 6.45) is -1.63. The van der Waals surface area contributed by atoms with Gasteiger partial charge < -0.3 is 10.4 Å². The first-order valence-electron chi connectivity index (χ1n) is 7.53. The van der Waals surface area contributed by atoms with E-state index in [9.17, 15) is 23.1 Å². The number of hydrogen-bond acceptors (Lipinski definition) is 5. The minimum Gasteiger partial charge on any atom is -0.480 e. The highest BCUT2D eigenvalue weighted by atomic mass is 19.4. The van der Waals surface area contributed by atoms with E-state index in [0.717, 1.165) is 0 Å². The van der Waals surface area contributed by atoms with E-state index >= 15 is 0 Å². The molecule has 1 atom stereocenters. The van der Waals surface area contributed by atoms with E-state index in [0.29, 0.717) is 11.6 Å². The Bertz CT molecular complexity index is 736. The Balaban J connectivity index is 2.44. The number of carbonyl (C=O) groups is 1. The maximum atomic E-state index is 13.1. The number of carboxylic acid groups (broad SMARTS) is 1. The number of rotatable bonds is 6. The molecular weight excluding hydrogens is 337 g/mol. The van der Waals surface area contributed by atoms with Gasteiger partial charge in [-0.1, -0.05) is 13.8 Å². The Morgan fingerprint density at radius 1 is 1.24 bits per heavy atom. The lowest BCUT2D eigenvalue weighted by Crippen LogP contribution is -2.31. The van der Waals surface area contributed by atoms with Crippen LogP contribution in [-0.2, 0) is 11.0 Å². The van der Waals surface area contributed by atoms with E-state index in [1.165, 1.54) is 24.5 Å². The number of aromatic nitrogens is 3. The molecule has 0 radical (unpaired) electrons. The van der Waals surface area contributed by atoms with Crippen molar-refractivity contribution in [2.45, 2.75) is 32.5 Å². The summed E-state index contributed by atoms with van der Waals surface area (Å²) in [5, 5.41) is 11.8. The molecule has 0 saturated carbocycles. The molecule has 134 valence electrons. The van der Waals surface area contributed by atoms with Crippen LogP contribution in [0.5, 0.6) is 0 Å². The van der Waals surface area contributed by atoms with Crippen LogP contribution < -0.4 is 5.32 Å². The van der Waals surface area contributed by atoms with E-state index in [1.807, 2.05) is 13.8 Å². The monoisotopic (exact) mass is 354 g/mol. The van der Waals surface area contributed by atoms with Crippen molar-refractivity contribution < 1.29 is 23.1 Å². The molecular formula is C16H17F3N4O2. The largest absolute Gasteiger partial charge is 0.480 e. The lowest BCUT2D eigenvalue weighted by atomic mass is 10.0. The molecule has 2 heterocycles. The fourth-order valence-corrected chi connectivity index (χ4v) is 2.17. The fourth-order valence-electron chi connectivity index (χ4n) is 2.17. The van der Waals surface area contributed by atoms with E-state index in [2.05, 4.69) is 20.3 Å². The highest BCUT2D eigenvalue weighted by molar-refractivity contribution is 5.77. The van der Waals surface area contributed by atoms with Gasteiger partial charge in [-0.05, 0) is 24.5 Å². The number of anilines is 1. The van der Waals surface area contributed by atoms with E-state index in [1.54, 1.807) is 0 Å². The number of nitrogens with zero attached hydrogens (tertiary/aromatic N) is 3. The molecule has 2 aromatic rings. The summed E-state index contributed by atoms with van der Waals surface area (Å²) in [6, 6.07) is 2.60. The summed E-state index contributed by atoms with van der Waals surface area (Å²) in [7, 11) is 0. The number of pyridine rings is 1. The third-order valence-electron chi connectivity index (χ3n) is 3.28. The van der Waals surface area contributed by atoms with Crippen LogP contribution in [0.15, 0.2) is 30.6 Å². The van der Waals surface area contributed by atoms with Gasteiger partial charge in [0.25, 0.3) is 0 Å². The zero-order chi connectivity index (χ0) is 18.6. The van der Waals surface area contributed by atoms with Crippen LogP contribution >= 0.6 is 0 Å². The molecule has 0 bridgehead atoms. The van der Waals surface area contributed by atoms with Gasteiger partial charge in [0.2, 0.25) is 0 Å². The fraction of sp³-hybridized carbons (Fsp3) is 0.375. The smallest absolute Gasteiger partial charge is 0.433 e. The van der Waals surface area contributed by atoms with Crippen molar-refractivity contribution in [2.75, 3.05) is 5.32 Å². The predicted octanol–water partition coefficient (Wildman–Crippen LogP) is 3.47. The second kappa shape index (κ2) is 7.45. The number of aliphatic carboxylic acids is 1. The Labute approximate surface area is 142 Å². The summed E-state index contributed by atoms with van der Waals surface area (Å²) in [5.41, 5.74) is -0.801. The molecule has 9 heteroatoms. The van der Waals surface area contributed by atoms with Crippen LogP contribution in [-0.4, -0.2) is 32.1 Å². The van der Waals surface area contributed by atoms with Gasteiger partial charge in [-0.15, -0.1) is 0 Å². The Morgan fingerprint density at radius 2 is 1.88 bits per heavy atom. The van der Waals surface area contributed by atoms with Crippen LogP contribution in [0.25, 0.3) is 11.4 Å². The van der Waals surface area contributed by atoms with Crippen LogP contribution in [0.4, 0.5) is 19.0 Å². The molecule has 2 rings (SSSR count). The molecule has 0 spiro atoms. The predicted molar refractivity (Wildman–Crippen MR) is 84.8 cm³/mol. The van der Waals surface area contributed by atoms with Crippen molar-refractivity contribution in [1.82, 2.24) is 15.0 Å². The normalized spacial score (nSPS) is 12.9. The van der Waals surface area contributed by atoms with Gasteiger partial charge in [-0.2, -0.15) is 13.2 Å². The Hall–Kier alpha value is -2.71. The third kappa shape index (κ3) is 5.13. The summed E-state index contributed by atoms with van der Waals surface area (Å²) < 4.78 is 39.4. The van der Waals surface area contributed by atoms with Gasteiger partial charge in [-0.25, -0.2) is 14.8 Å². The zero-order valence-electron chi connectivity index (χ0n) is 13.6. The van der Waals surface area contributed by atoms with E-state index in [-0.39, 0.29) is 24.0 Å². The van der Waals surface area contributed by atoms with Crippen molar-refractivity contribution in [2.24, 2.45) is 5.92 Å². The van der Waals surface area contributed by atoms with Crippen LogP contribution in [0.1, 0.15) is 26.0 Å². The van der Waals surface area contributed by atoms with Gasteiger partial charge in [0.05, 0.1) is 0 Å². The number of alkyl halides is 3. The molecule has 0 aliphatic carbocycles. The first-order chi connectivity index (χ1) is 11.7. The van der Waals surface area contributed by atoms with Gasteiger partial charge >= 0.3 is 12.1 Å². The molecule has 0 aliphatic rings. The van der Waals surface area contributed by atoms with Gasteiger partial charge in [0, 0.05) is 24.0 Å². The third-order valence-corrected chi connectivity index (χ3v) is 3.28. The van der Waals surface area contributed by atoms with Crippen molar-refractivity contribution in [3.05, 3.63) is 36.3 Å². The van der Waals surface area contributed by atoms with Crippen LogP contribution in [0, 0.1) is 5.92 Å². The summed E-state index contributed by atoms with van der Waals surface area (Å²) in [4.78, 5) is 22.7. The number of nitrogens with one attached hydrogen (secondary N) is 1. The molecule has 2 aromatic heterocycles. The van der Waals surface area contributed by atoms with Crippen molar-refractivity contribution in [3.63, 3.8) is 0 Å². The maximum absolute atomic E-state index is 13.1. The van der Waals surface area contributed by atoms with Crippen molar-refractivity contribution >= 4 is 11.8 Å². The SMILES string of the molecule is CC(C)C[C@@H](Nc1cc(C(F)(F)F)nc(-c2ccncc2)n1)C(=O)O. The second-order valence-corrected chi connectivity index (χ2v) is 5.86. The molecule has 2 N–H and O–H groups in total. The maximum Gasteiger partial charge on any atom is 0.433 e. The molecule has 0 aromatic carbocycles. The Morgan fingerprint density at radius 3 is 2.40 bits per heavy atom. The van der Waals surface area contributed by atoms with Gasteiger partial charge in [0.1, 0.15) is 11.9 Å². The standard InChI is InChI=1S/C16H17F3N4O2/c1-9(2)7-11(15(24)25)21-13-8-12(16(17,18)19)22-14(23-13)10-3-5-20-6-4-10/h3-6,8-9,11H,7H2,1-2H3,(H,24,25)(H,21,22,23)/t11-/m1/s1. The number of hydrogen-bond donors (Lipinski definition) is 2. The van der Waals surface area contributed by atoms with Crippen molar-refractivity contribution in [3.8, 4) is 11.4 Å². The molecule has 0 unspecified atom stereocenters. The molecule has 0 fully saturated rings. The Kier molecular flexibility index (Phi) is 5.55. The average molecular weight is 354 g/mol. The molecule has 0 saturated heterocycles. The minimum atomic E-state index is -4.68. The number of carboxylic acids is 1. The topological polar surface area (TPSA) is 88.0 Å². The lowest BCUT2D eigenvalue weighted by Gasteiger charge is -2.18. The highest BCUT2D eigenvalue weighted by Gasteiger charge is 2.34. The first-order valence-corrected chi connectivity index (χ1v) is 7.53. The first kappa shape index (κ1) is 18.6. The molecule has 0 amide bonds. The quantitative estimate of drug-likeness (QED) is 0.826.